The van der Waals surface area contributed by atoms with E-state index >= 15 is 0 Å². The van der Waals surface area contributed by atoms with E-state index in [1.807, 2.05) is 42.5 Å². The predicted octanol–water partition coefficient (Wildman–Crippen LogP) is -1.64. The van der Waals surface area contributed by atoms with Gasteiger partial charge in [-0.05, 0) is 0 Å². The van der Waals surface area contributed by atoms with E-state index in [4.69, 9.17) is 2.65 Å². The number of benzene rings is 2. The van der Waals surface area contributed by atoms with Crippen LogP contribution >= 0.6 is 0 Å². The van der Waals surface area contributed by atoms with Crippen molar-refractivity contribution in [3.63, 3.8) is 0 Å². The fraction of sp³-hybridized carbons (Fsp3) is 0. The van der Waals surface area contributed by atoms with Crippen molar-refractivity contribution in [1.29, 1.82) is 0 Å². The number of hydrogen-bond acceptors (Lipinski definition) is 4. The number of allylic oxidation sites excluding steroid dienone is 1. The maximum absolute atomic E-state index is 10.8. The summed E-state index contributed by atoms with van der Waals surface area (Å²) < 4.78 is 39.6. The summed E-state index contributed by atoms with van der Waals surface area (Å²) in [7, 11) is -4.38. The third kappa shape index (κ3) is 2.88. The summed E-state index contributed by atoms with van der Waals surface area (Å²) in [5, 5.41) is 2.09. The normalized spacial score (nSPS) is 15.3. The fourth-order valence-electron chi connectivity index (χ4n) is 1.97. The zero-order chi connectivity index (χ0) is 13.5. The minimum absolute atomic E-state index is 0.844. The van der Waals surface area contributed by atoms with Gasteiger partial charge in [0.25, 0.3) is 0 Å². The van der Waals surface area contributed by atoms with Gasteiger partial charge in [0.15, 0.2) is 0 Å². The first-order chi connectivity index (χ1) is 9.03. The molecule has 19 heavy (non-hydrogen) atoms. The summed E-state index contributed by atoms with van der Waals surface area (Å²) in [6.07, 6.45) is 3.66. The summed E-state index contributed by atoms with van der Waals surface area (Å²) in [5.41, 5.74) is 0.927. The summed E-state index contributed by atoms with van der Waals surface area (Å²) in [4.78, 5) is 0. The molecule has 0 atom stereocenters. The second kappa shape index (κ2) is 4.97. The molecule has 0 spiro atoms. The van der Waals surface area contributed by atoms with E-state index in [0.29, 0.717) is 0 Å². The van der Waals surface area contributed by atoms with Gasteiger partial charge < -0.3 is 0 Å². The molecule has 0 fully saturated rings. The third-order valence-corrected chi connectivity index (χ3v) is 8.89. The molecule has 2 aromatic rings. The van der Waals surface area contributed by atoms with Gasteiger partial charge in [-0.15, -0.1) is 0 Å². The van der Waals surface area contributed by atoms with E-state index in [9.17, 15) is 14.0 Å². The Kier molecular flexibility index (Phi) is 3.46. The molecular formula is C13H9ClO4Te. The van der Waals surface area contributed by atoms with Gasteiger partial charge in [-0.25, -0.2) is 0 Å². The van der Waals surface area contributed by atoms with E-state index in [2.05, 4.69) is 0 Å². The third-order valence-electron chi connectivity index (χ3n) is 2.72. The average Bonchev–Trinajstić information content (AvgIpc) is 2.35. The van der Waals surface area contributed by atoms with Crippen LogP contribution in [-0.4, -0.2) is 23.5 Å². The van der Waals surface area contributed by atoms with Crippen LogP contribution in [0.2, 0.25) is 0 Å². The number of hydrogen-bond donors (Lipinski definition) is 0. The SMILES string of the molecule is [O-][Cl+3]([O-])([O-])O[Te]1=CC=Cc2cc3ccccc3cc21. The Bertz CT molecular complexity index is 703. The second-order valence-corrected chi connectivity index (χ2v) is 9.66. The molecule has 0 saturated heterocycles. The Morgan fingerprint density at radius 3 is 2.37 bits per heavy atom. The molecule has 0 saturated carbocycles. The quantitative estimate of drug-likeness (QED) is 0.575. The van der Waals surface area contributed by atoms with Gasteiger partial charge in [-0.1, -0.05) is 0 Å². The standard InChI is InChI=1S/C13H9ClO4Te/c15-14(16,17)18-19-7-3-6-12-8-10-4-1-2-5-11(10)9-13(12)19/h1-9H. The van der Waals surface area contributed by atoms with Crippen LogP contribution in [0.1, 0.15) is 5.56 Å². The maximum atomic E-state index is 10.8. The monoisotopic (exact) mass is 394 g/mol. The summed E-state index contributed by atoms with van der Waals surface area (Å²) in [6.45, 7) is 0. The molecule has 0 aromatic heterocycles. The first kappa shape index (κ1) is 13.2. The van der Waals surface area contributed by atoms with E-state index in [1.165, 1.54) is 0 Å². The van der Waals surface area contributed by atoms with Crippen LogP contribution in [0.5, 0.6) is 0 Å². The van der Waals surface area contributed by atoms with Crippen molar-refractivity contribution >= 4 is 44.0 Å². The van der Waals surface area contributed by atoms with Crippen molar-refractivity contribution in [1.82, 2.24) is 0 Å². The summed E-state index contributed by atoms with van der Waals surface area (Å²) in [6, 6.07) is 11.7. The van der Waals surface area contributed by atoms with Gasteiger partial charge in [0, 0.05) is 0 Å². The van der Waals surface area contributed by atoms with Crippen LogP contribution < -0.4 is 17.6 Å². The molecule has 1 aliphatic rings. The summed E-state index contributed by atoms with van der Waals surface area (Å²) in [5.74, 6) is 0. The van der Waals surface area contributed by atoms with Crippen molar-refractivity contribution in [2.24, 2.45) is 0 Å². The Labute approximate surface area is 119 Å². The topological polar surface area (TPSA) is 78.4 Å². The van der Waals surface area contributed by atoms with E-state index in [-0.39, 0.29) is 0 Å². The van der Waals surface area contributed by atoms with Crippen LogP contribution in [0.4, 0.5) is 0 Å². The Morgan fingerprint density at radius 2 is 1.68 bits per heavy atom. The van der Waals surface area contributed by atoms with Crippen LogP contribution in [0, 0.1) is 10.2 Å². The molecule has 0 aliphatic carbocycles. The molecule has 0 bridgehead atoms. The van der Waals surface area contributed by atoms with Crippen LogP contribution in [0.25, 0.3) is 16.8 Å². The van der Waals surface area contributed by atoms with Gasteiger partial charge in [0.1, 0.15) is 0 Å². The molecule has 2 aromatic carbocycles. The van der Waals surface area contributed by atoms with Crippen molar-refractivity contribution in [2.45, 2.75) is 0 Å². The molecule has 98 valence electrons. The average molecular weight is 392 g/mol. The van der Waals surface area contributed by atoms with Gasteiger partial charge in [-0.2, -0.15) is 0 Å². The first-order valence-corrected chi connectivity index (χ1v) is 10.1. The van der Waals surface area contributed by atoms with Crippen molar-refractivity contribution < 1.29 is 26.9 Å². The number of halogens is 1. The van der Waals surface area contributed by atoms with Crippen molar-refractivity contribution in [2.75, 3.05) is 0 Å². The van der Waals surface area contributed by atoms with Crippen molar-refractivity contribution in [3.05, 3.63) is 48.0 Å². The van der Waals surface area contributed by atoms with Gasteiger partial charge in [0.05, 0.1) is 0 Å². The molecule has 6 heteroatoms. The fourth-order valence-corrected chi connectivity index (χ4v) is 7.38. The molecular weight excluding hydrogens is 383 g/mol. The molecule has 1 aliphatic heterocycles. The van der Waals surface area contributed by atoms with Gasteiger partial charge >= 0.3 is 119 Å². The molecule has 1 heterocycles. The van der Waals surface area contributed by atoms with E-state index < -0.39 is 29.7 Å². The van der Waals surface area contributed by atoms with E-state index in [1.54, 1.807) is 10.1 Å². The predicted molar refractivity (Wildman–Crippen MR) is 65.5 cm³/mol. The Morgan fingerprint density at radius 1 is 1.00 bits per heavy atom. The second-order valence-electron chi connectivity index (χ2n) is 3.97. The Balaban J connectivity index is 2.13. The molecule has 0 amide bonds. The van der Waals surface area contributed by atoms with Crippen LogP contribution in [0.3, 0.4) is 0 Å². The number of fused-ring (bicyclic) bond motifs is 2. The zero-order valence-electron chi connectivity index (χ0n) is 9.62. The number of rotatable bonds is 2. The van der Waals surface area contributed by atoms with Gasteiger partial charge in [-0.3, -0.25) is 0 Å². The van der Waals surface area contributed by atoms with Crippen LogP contribution in [0.15, 0.2) is 42.5 Å². The van der Waals surface area contributed by atoms with E-state index in [0.717, 1.165) is 19.9 Å². The molecule has 0 radical (unpaired) electrons. The summed E-state index contributed by atoms with van der Waals surface area (Å²) >= 11 is -2.72. The van der Waals surface area contributed by atoms with Gasteiger partial charge in [0.2, 0.25) is 0 Å². The van der Waals surface area contributed by atoms with Crippen LogP contribution in [-0.2, 0) is 2.65 Å². The van der Waals surface area contributed by atoms with Crippen molar-refractivity contribution in [3.8, 4) is 0 Å². The Hall–Kier alpha value is -0.770. The molecule has 0 N–H and O–H groups in total. The first-order valence-electron chi connectivity index (χ1n) is 5.41. The molecule has 0 unspecified atom stereocenters. The minimum atomic E-state index is -4.38. The molecule has 4 nitrogen and oxygen atoms in total. The zero-order valence-corrected chi connectivity index (χ0v) is 12.7. The molecule has 3 rings (SSSR count).